The van der Waals surface area contributed by atoms with Gasteiger partial charge in [0.15, 0.2) is 0 Å². The van der Waals surface area contributed by atoms with E-state index >= 15 is 0 Å². The lowest BCUT2D eigenvalue weighted by Gasteiger charge is -2.62. The predicted octanol–water partition coefficient (Wildman–Crippen LogP) is 4.12. The van der Waals surface area contributed by atoms with Gasteiger partial charge in [0.1, 0.15) is 0 Å². The normalized spacial score (nSPS) is 41.6. The topological polar surface area (TPSA) is 83.8 Å². The Morgan fingerprint density at radius 3 is 2.28 bits per heavy atom. The summed E-state index contributed by atoms with van der Waals surface area (Å²) in [5, 5.41) is 19.3. The van der Waals surface area contributed by atoms with Gasteiger partial charge in [0.25, 0.3) is 0 Å². The summed E-state index contributed by atoms with van der Waals surface area (Å²) in [6, 6.07) is 0. The summed E-state index contributed by atoms with van der Waals surface area (Å²) in [6.07, 6.45) is 4.75. The van der Waals surface area contributed by atoms with Gasteiger partial charge in [-0.15, -0.1) is 6.58 Å². The van der Waals surface area contributed by atoms with Crippen molar-refractivity contribution in [2.75, 3.05) is 0 Å². The van der Waals surface area contributed by atoms with Crippen molar-refractivity contribution in [3.05, 3.63) is 12.7 Å². The summed E-state index contributed by atoms with van der Waals surface area (Å²) in [5.41, 5.74) is -2.49. The predicted molar refractivity (Wildman–Crippen MR) is 95.3 cm³/mol. The first-order chi connectivity index (χ1) is 11.3. The third-order valence-electron chi connectivity index (χ3n) is 7.04. The zero-order valence-corrected chi connectivity index (χ0v) is 16.1. The molecule has 5 nitrogen and oxygen atoms in total. The van der Waals surface area contributed by atoms with E-state index in [9.17, 15) is 19.8 Å². The molecule has 142 valence electrons. The number of rotatable bonds is 5. The number of aliphatic carboxylic acids is 2. The molecule has 2 aliphatic rings. The molecule has 0 amide bonds. The summed E-state index contributed by atoms with van der Waals surface area (Å²) < 4.78 is 6.45. The van der Waals surface area contributed by atoms with Crippen LogP contribution < -0.4 is 0 Å². The standard InChI is InChI=1S/C20H32O5/c1-7-18(4)10-8-14-19(5,12-15(21)22)13(17(2,3)16(23)24)9-11-20(14,6)25-18/h7,13-14H,1,8-12H2,2-6H3,(H,21,22)(H,23,24)/t13-,14+,18-,19-,20+/m0/s1. The Kier molecular flexibility index (Phi) is 4.88. The molecule has 0 bridgehead atoms. The van der Waals surface area contributed by atoms with E-state index in [1.54, 1.807) is 13.8 Å². The molecule has 1 heterocycles. The minimum Gasteiger partial charge on any atom is -0.481 e. The lowest BCUT2D eigenvalue weighted by molar-refractivity contribution is -0.247. The molecule has 0 aromatic heterocycles. The van der Waals surface area contributed by atoms with Crippen molar-refractivity contribution in [2.45, 2.75) is 77.9 Å². The van der Waals surface area contributed by atoms with Gasteiger partial charge < -0.3 is 14.9 Å². The van der Waals surface area contributed by atoms with Crippen LogP contribution in [0.25, 0.3) is 0 Å². The maximum Gasteiger partial charge on any atom is 0.309 e. The second kappa shape index (κ2) is 6.11. The molecule has 0 radical (unpaired) electrons. The summed E-state index contributed by atoms with van der Waals surface area (Å²) in [4.78, 5) is 23.6. The first kappa shape index (κ1) is 20.0. The minimum atomic E-state index is -0.981. The highest BCUT2D eigenvalue weighted by atomic mass is 16.5. The molecule has 1 aliphatic heterocycles. The molecule has 1 saturated carbocycles. The fourth-order valence-corrected chi connectivity index (χ4v) is 5.70. The van der Waals surface area contributed by atoms with Crippen molar-refractivity contribution in [3.8, 4) is 0 Å². The van der Waals surface area contributed by atoms with Crippen LogP contribution in [-0.4, -0.2) is 33.4 Å². The molecule has 0 unspecified atom stereocenters. The summed E-state index contributed by atoms with van der Waals surface area (Å²) in [6.45, 7) is 13.4. The van der Waals surface area contributed by atoms with Crippen molar-refractivity contribution >= 4 is 11.9 Å². The Morgan fingerprint density at radius 1 is 1.20 bits per heavy atom. The average Bonchev–Trinajstić information content (AvgIpc) is 2.44. The number of fused-ring (bicyclic) bond motifs is 1. The third kappa shape index (κ3) is 3.23. The van der Waals surface area contributed by atoms with Gasteiger partial charge in [-0.05, 0) is 70.6 Å². The van der Waals surface area contributed by atoms with Gasteiger partial charge in [-0.25, -0.2) is 0 Å². The molecular formula is C20H32O5. The average molecular weight is 352 g/mol. The smallest absolute Gasteiger partial charge is 0.309 e. The molecule has 5 heteroatoms. The quantitative estimate of drug-likeness (QED) is 0.727. The Bertz CT molecular complexity index is 583. The fraction of sp³-hybridized carbons (Fsp3) is 0.800. The van der Waals surface area contributed by atoms with Crippen LogP contribution >= 0.6 is 0 Å². The number of carbonyl (C=O) groups is 2. The summed E-state index contributed by atoms with van der Waals surface area (Å²) >= 11 is 0. The largest absolute Gasteiger partial charge is 0.481 e. The Balaban J connectivity index is 2.49. The van der Waals surface area contributed by atoms with E-state index in [1.165, 1.54) is 0 Å². The van der Waals surface area contributed by atoms with E-state index in [1.807, 2.05) is 19.9 Å². The van der Waals surface area contributed by atoms with E-state index in [0.29, 0.717) is 6.42 Å². The third-order valence-corrected chi connectivity index (χ3v) is 7.04. The number of carboxylic acids is 2. The molecule has 1 aliphatic carbocycles. The number of hydrogen-bond donors (Lipinski definition) is 2. The Labute approximate surface area is 150 Å². The number of ether oxygens (including phenoxy) is 1. The maximum atomic E-state index is 11.9. The van der Waals surface area contributed by atoms with E-state index < -0.39 is 34.0 Å². The first-order valence-electron chi connectivity index (χ1n) is 9.10. The van der Waals surface area contributed by atoms with Gasteiger partial charge in [-0.1, -0.05) is 13.0 Å². The molecule has 0 spiro atoms. The van der Waals surface area contributed by atoms with Gasteiger partial charge in [0, 0.05) is 0 Å². The molecule has 2 rings (SSSR count). The highest BCUT2D eigenvalue weighted by molar-refractivity contribution is 5.75. The van der Waals surface area contributed by atoms with Crippen LogP contribution in [0.4, 0.5) is 0 Å². The second-order valence-electron chi connectivity index (χ2n) is 9.22. The van der Waals surface area contributed by atoms with Crippen molar-refractivity contribution in [1.29, 1.82) is 0 Å². The van der Waals surface area contributed by atoms with E-state index in [-0.39, 0.29) is 18.3 Å². The first-order valence-corrected chi connectivity index (χ1v) is 9.10. The molecule has 2 N–H and O–H groups in total. The number of hydrogen-bond acceptors (Lipinski definition) is 3. The molecule has 1 saturated heterocycles. The van der Waals surface area contributed by atoms with Gasteiger partial charge in [-0.2, -0.15) is 0 Å². The van der Waals surface area contributed by atoms with Gasteiger partial charge in [-0.3, -0.25) is 9.59 Å². The highest BCUT2D eigenvalue weighted by Crippen LogP contribution is 2.62. The number of carboxylic acid groups (broad SMARTS) is 2. The lowest BCUT2D eigenvalue weighted by Crippen LogP contribution is -2.62. The molecule has 5 atom stereocenters. The zero-order valence-electron chi connectivity index (χ0n) is 16.1. The lowest BCUT2D eigenvalue weighted by atomic mass is 9.47. The Morgan fingerprint density at radius 2 is 1.80 bits per heavy atom. The molecule has 25 heavy (non-hydrogen) atoms. The van der Waals surface area contributed by atoms with E-state index in [0.717, 1.165) is 19.3 Å². The van der Waals surface area contributed by atoms with Crippen LogP contribution in [0.3, 0.4) is 0 Å². The monoisotopic (exact) mass is 352 g/mol. The minimum absolute atomic E-state index is 0.00139. The fourth-order valence-electron chi connectivity index (χ4n) is 5.70. The van der Waals surface area contributed by atoms with Crippen LogP contribution in [0.2, 0.25) is 0 Å². The van der Waals surface area contributed by atoms with E-state index in [2.05, 4.69) is 13.5 Å². The SMILES string of the molecule is C=C[C@@]1(C)CC[C@@H]2[C@@](C)(CC(=O)O)[C@H](C(C)(C)C(=O)O)CC[C@@]2(C)O1. The molecule has 0 aromatic rings. The van der Waals surface area contributed by atoms with Crippen LogP contribution in [0.5, 0.6) is 0 Å². The highest BCUT2D eigenvalue weighted by Gasteiger charge is 2.62. The maximum absolute atomic E-state index is 11.9. The van der Waals surface area contributed by atoms with E-state index in [4.69, 9.17) is 4.74 Å². The van der Waals surface area contributed by atoms with Gasteiger partial charge >= 0.3 is 11.9 Å². The van der Waals surface area contributed by atoms with Crippen LogP contribution in [0.1, 0.15) is 66.7 Å². The van der Waals surface area contributed by atoms with Crippen molar-refractivity contribution in [3.63, 3.8) is 0 Å². The molecule has 0 aromatic carbocycles. The van der Waals surface area contributed by atoms with Gasteiger partial charge in [0.2, 0.25) is 0 Å². The van der Waals surface area contributed by atoms with Crippen molar-refractivity contribution in [2.24, 2.45) is 22.7 Å². The zero-order chi connectivity index (χ0) is 19.3. The van der Waals surface area contributed by atoms with Crippen molar-refractivity contribution < 1.29 is 24.5 Å². The van der Waals surface area contributed by atoms with Crippen molar-refractivity contribution in [1.82, 2.24) is 0 Å². The second-order valence-corrected chi connectivity index (χ2v) is 9.22. The molecule has 2 fully saturated rings. The van der Waals surface area contributed by atoms with Crippen LogP contribution in [0, 0.1) is 22.7 Å². The summed E-state index contributed by atoms with van der Waals surface area (Å²) in [7, 11) is 0. The van der Waals surface area contributed by atoms with Gasteiger partial charge in [0.05, 0.1) is 23.0 Å². The van der Waals surface area contributed by atoms with Crippen LogP contribution in [-0.2, 0) is 14.3 Å². The summed E-state index contributed by atoms with van der Waals surface area (Å²) in [5.74, 6) is -1.97. The van der Waals surface area contributed by atoms with Crippen LogP contribution in [0.15, 0.2) is 12.7 Å². The Hall–Kier alpha value is -1.36. The molecular weight excluding hydrogens is 320 g/mol.